The second kappa shape index (κ2) is 5.33. The maximum absolute atomic E-state index is 4.70. The Labute approximate surface area is 137 Å². The fourth-order valence-electron chi connectivity index (χ4n) is 3.13. The topological polar surface area (TPSA) is 63.8 Å². The van der Waals surface area contributed by atoms with Gasteiger partial charge in [-0.3, -0.25) is 4.99 Å². The maximum Gasteiger partial charge on any atom is 0.356 e. The summed E-state index contributed by atoms with van der Waals surface area (Å²) in [6.45, 7) is 12.5. The van der Waals surface area contributed by atoms with Crippen LogP contribution < -0.4 is 15.6 Å². The molecule has 0 saturated carbocycles. The Morgan fingerprint density at radius 1 is 1.09 bits per heavy atom. The summed E-state index contributed by atoms with van der Waals surface area (Å²) in [4.78, 5) is 12.7. The molecule has 2 heterocycles. The van der Waals surface area contributed by atoms with Gasteiger partial charge in [-0.05, 0) is 59.2 Å². The van der Waals surface area contributed by atoms with E-state index in [1.54, 1.807) is 0 Å². The zero-order valence-corrected chi connectivity index (χ0v) is 14.6. The van der Waals surface area contributed by atoms with E-state index in [2.05, 4.69) is 66.5 Å². The van der Waals surface area contributed by atoms with Gasteiger partial charge in [0.25, 0.3) is 5.95 Å². The van der Waals surface area contributed by atoms with Crippen LogP contribution in [-0.4, -0.2) is 21.5 Å². The summed E-state index contributed by atoms with van der Waals surface area (Å²) < 4.78 is 0. The number of hydrogen-bond donors (Lipinski definition) is 3. The maximum atomic E-state index is 4.70. The summed E-state index contributed by atoms with van der Waals surface area (Å²) >= 11 is 0. The predicted molar refractivity (Wildman–Crippen MR) is 94.3 cm³/mol. The SMILES string of the molecule is CC1=CC(C)(C)[NH+]=C(Nc2nc(C)c3cc(C)cc(C)c3n2)N1. The Kier molecular flexibility index (Phi) is 3.59. The van der Waals surface area contributed by atoms with Gasteiger partial charge in [-0.1, -0.05) is 11.6 Å². The van der Waals surface area contributed by atoms with Gasteiger partial charge < -0.3 is 0 Å². The first-order valence-electron chi connectivity index (χ1n) is 7.88. The second-order valence-corrected chi connectivity index (χ2v) is 6.91. The zero-order chi connectivity index (χ0) is 16.8. The number of aryl methyl sites for hydroxylation is 3. The molecule has 0 bridgehead atoms. The van der Waals surface area contributed by atoms with Crippen molar-refractivity contribution in [2.24, 2.45) is 0 Å². The van der Waals surface area contributed by atoms with Gasteiger partial charge in [0, 0.05) is 5.39 Å². The third kappa shape index (κ3) is 3.18. The standard InChI is InChI=1S/C18H23N5/c1-10-7-11(2)15-14(8-10)13(4)20-16(21-15)22-17-19-12(3)9-18(5,6)23-17/h7-9H,1-6H3,(H2,19,20,21,22,23)/p+1. The Morgan fingerprint density at radius 3 is 2.52 bits per heavy atom. The van der Waals surface area contributed by atoms with Gasteiger partial charge in [-0.25, -0.2) is 15.6 Å². The molecule has 0 atom stereocenters. The molecule has 0 amide bonds. The number of benzene rings is 1. The molecule has 3 N–H and O–H groups in total. The fraction of sp³-hybridized carbons (Fsp3) is 0.389. The lowest BCUT2D eigenvalue weighted by molar-refractivity contribution is -0.531. The van der Waals surface area contributed by atoms with E-state index < -0.39 is 0 Å². The summed E-state index contributed by atoms with van der Waals surface area (Å²) in [6, 6.07) is 4.29. The molecule has 23 heavy (non-hydrogen) atoms. The van der Waals surface area contributed by atoms with Crippen molar-refractivity contribution in [3.63, 3.8) is 0 Å². The monoisotopic (exact) mass is 310 g/mol. The minimum absolute atomic E-state index is 0.114. The average molecular weight is 310 g/mol. The van der Waals surface area contributed by atoms with E-state index in [0.717, 1.165) is 28.3 Å². The molecular formula is C18H24N5+. The van der Waals surface area contributed by atoms with Crippen molar-refractivity contribution in [3.05, 3.63) is 40.7 Å². The fourth-order valence-corrected chi connectivity index (χ4v) is 3.13. The molecule has 1 aliphatic rings. The third-order valence-corrected chi connectivity index (χ3v) is 3.91. The Bertz CT molecular complexity index is 846. The van der Waals surface area contributed by atoms with Crippen LogP contribution in [0.1, 0.15) is 37.6 Å². The van der Waals surface area contributed by atoms with Crippen LogP contribution in [0.2, 0.25) is 0 Å². The van der Waals surface area contributed by atoms with E-state index in [1.807, 2.05) is 13.8 Å². The molecule has 120 valence electrons. The molecule has 2 aromatic rings. The smallest absolute Gasteiger partial charge is 0.269 e. The van der Waals surface area contributed by atoms with Crippen molar-refractivity contribution < 1.29 is 4.99 Å². The lowest BCUT2D eigenvalue weighted by Crippen LogP contribution is -2.89. The van der Waals surface area contributed by atoms with Gasteiger partial charge in [0.05, 0.1) is 16.9 Å². The van der Waals surface area contributed by atoms with E-state index in [4.69, 9.17) is 4.98 Å². The molecule has 0 fully saturated rings. The normalized spacial score (nSPS) is 16.6. The number of rotatable bonds is 1. The van der Waals surface area contributed by atoms with Crippen LogP contribution in [0.5, 0.6) is 0 Å². The quantitative estimate of drug-likeness (QED) is 0.750. The van der Waals surface area contributed by atoms with Crippen molar-refractivity contribution in [1.82, 2.24) is 15.3 Å². The van der Waals surface area contributed by atoms with E-state index in [1.165, 1.54) is 11.1 Å². The number of guanidine groups is 1. The number of hydrogen-bond acceptors (Lipinski definition) is 4. The van der Waals surface area contributed by atoms with Crippen LogP contribution >= 0.6 is 0 Å². The Morgan fingerprint density at radius 2 is 1.83 bits per heavy atom. The Hall–Kier alpha value is -2.43. The summed E-state index contributed by atoms with van der Waals surface area (Å²) in [5.41, 5.74) is 5.35. The van der Waals surface area contributed by atoms with Crippen LogP contribution in [0.15, 0.2) is 23.9 Å². The first-order valence-corrected chi connectivity index (χ1v) is 7.88. The van der Waals surface area contributed by atoms with E-state index >= 15 is 0 Å². The van der Waals surface area contributed by atoms with Gasteiger partial charge in [-0.2, -0.15) is 4.98 Å². The van der Waals surface area contributed by atoms with Crippen molar-refractivity contribution in [1.29, 1.82) is 0 Å². The minimum Gasteiger partial charge on any atom is -0.269 e. The number of fused-ring (bicyclic) bond motifs is 1. The molecule has 0 spiro atoms. The summed E-state index contributed by atoms with van der Waals surface area (Å²) in [5.74, 6) is 1.40. The first-order chi connectivity index (χ1) is 10.7. The van der Waals surface area contributed by atoms with Gasteiger partial charge in [0.2, 0.25) is 0 Å². The molecule has 1 aliphatic heterocycles. The molecule has 0 saturated heterocycles. The Balaban J connectivity index is 2.00. The molecule has 0 aliphatic carbocycles. The second-order valence-electron chi connectivity index (χ2n) is 6.91. The molecule has 5 nitrogen and oxygen atoms in total. The first kappa shape index (κ1) is 15.5. The molecule has 0 unspecified atom stereocenters. The molecule has 1 aromatic heterocycles. The zero-order valence-electron chi connectivity index (χ0n) is 14.6. The van der Waals surface area contributed by atoms with Crippen LogP contribution in [0.4, 0.5) is 5.95 Å². The number of anilines is 1. The molecule has 3 rings (SSSR count). The number of nitrogens with one attached hydrogen (secondary N) is 3. The highest BCUT2D eigenvalue weighted by Gasteiger charge is 2.25. The third-order valence-electron chi connectivity index (χ3n) is 3.91. The van der Waals surface area contributed by atoms with Crippen molar-refractivity contribution in [2.45, 2.75) is 47.1 Å². The van der Waals surface area contributed by atoms with Crippen molar-refractivity contribution in [3.8, 4) is 0 Å². The molecule has 5 heteroatoms. The van der Waals surface area contributed by atoms with Crippen molar-refractivity contribution in [2.75, 3.05) is 5.32 Å². The van der Waals surface area contributed by atoms with Crippen LogP contribution in [0, 0.1) is 20.8 Å². The molecule has 0 radical (unpaired) electrons. The summed E-state index contributed by atoms with van der Waals surface area (Å²) in [7, 11) is 0. The molecule has 1 aromatic carbocycles. The van der Waals surface area contributed by atoms with E-state index in [-0.39, 0.29) is 5.54 Å². The van der Waals surface area contributed by atoms with E-state index in [9.17, 15) is 0 Å². The van der Waals surface area contributed by atoms with Crippen molar-refractivity contribution >= 4 is 22.8 Å². The highest BCUT2D eigenvalue weighted by molar-refractivity contribution is 5.91. The van der Waals surface area contributed by atoms with Crippen LogP contribution in [0.3, 0.4) is 0 Å². The summed E-state index contributed by atoms with van der Waals surface area (Å²) in [6.07, 6.45) is 2.15. The minimum atomic E-state index is -0.114. The lowest BCUT2D eigenvalue weighted by atomic mass is 10.0. The van der Waals surface area contributed by atoms with Gasteiger partial charge in [0.1, 0.15) is 5.54 Å². The number of allylic oxidation sites excluding steroid dienone is 1. The van der Waals surface area contributed by atoms with Crippen LogP contribution in [0.25, 0.3) is 10.9 Å². The highest BCUT2D eigenvalue weighted by Crippen LogP contribution is 2.22. The lowest BCUT2D eigenvalue weighted by Gasteiger charge is -2.21. The number of aromatic nitrogens is 2. The van der Waals surface area contributed by atoms with Gasteiger partial charge in [-0.15, -0.1) is 0 Å². The molecular weight excluding hydrogens is 286 g/mol. The summed E-state index contributed by atoms with van der Waals surface area (Å²) in [5, 5.41) is 7.67. The van der Waals surface area contributed by atoms with Gasteiger partial charge in [0.15, 0.2) is 0 Å². The van der Waals surface area contributed by atoms with E-state index in [0.29, 0.717) is 5.95 Å². The predicted octanol–water partition coefficient (Wildman–Crippen LogP) is 1.69. The number of nitrogens with zero attached hydrogens (tertiary/aromatic N) is 2. The largest absolute Gasteiger partial charge is 0.356 e. The highest BCUT2D eigenvalue weighted by atomic mass is 15.3. The van der Waals surface area contributed by atoms with Gasteiger partial charge >= 0.3 is 5.96 Å². The average Bonchev–Trinajstić information content (AvgIpc) is 2.37. The van der Waals surface area contributed by atoms with Crippen LogP contribution in [-0.2, 0) is 0 Å².